The fraction of sp³-hybridized carbons (Fsp3) is 0.588. The van der Waals surface area contributed by atoms with Gasteiger partial charge in [0.25, 0.3) is 0 Å². The number of hydrogen-bond donors (Lipinski definition) is 1. The third-order valence-electron chi connectivity index (χ3n) is 4.60. The van der Waals surface area contributed by atoms with Gasteiger partial charge in [-0.15, -0.1) is 0 Å². The minimum Gasteiger partial charge on any atom is -0.481 e. The molecule has 1 N–H and O–H groups in total. The molecule has 0 radical (unpaired) electrons. The number of carboxylic acids is 1. The van der Waals surface area contributed by atoms with Gasteiger partial charge >= 0.3 is 5.97 Å². The number of rotatable bonds is 6. The van der Waals surface area contributed by atoms with Crippen molar-refractivity contribution in [2.24, 2.45) is 0 Å². The Morgan fingerprint density at radius 2 is 1.95 bits per heavy atom. The Kier molecular flexibility index (Phi) is 5.76. The van der Waals surface area contributed by atoms with Crippen LogP contribution in [0.2, 0.25) is 0 Å². The molecule has 0 amide bonds. The summed E-state index contributed by atoms with van der Waals surface area (Å²) in [6, 6.07) is 10.1. The normalized spacial score (nSPS) is 18.8. The van der Waals surface area contributed by atoms with Crippen molar-refractivity contribution in [3.8, 4) is 0 Å². The number of carboxylic acid groups (broad SMARTS) is 1. The first-order valence-corrected chi connectivity index (χ1v) is 7.82. The van der Waals surface area contributed by atoms with Crippen molar-refractivity contribution in [3.05, 3.63) is 35.9 Å². The Labute approximate surface area is 127 Å². The van der Waals surface area contributed by atoms with Gasteiger partial charge in [-0.2, -0.15) is 0 Å². The van der Waals surface area contributed by atoms with E-state index in [1.54, 1.807) is 0 Å². The van der Waals surface area contributed by atoms with Gasteiger partial charge in [0.15, 0.2) is 0 Å². The van der Waals surface area contributed by atoms with Gasteiger partial charge in [-0.05, 0) is 45.1 Å². The number of benzene rings is 1. The van der Waals surface area contributed by atoms with E-state index in [0.717, 1.165) is 38.0 Å². The summed E-state index contributed by atoms with van der Waals surface area (Å²) >= 11 is 0. The Balaban J connectivity index is 1.96. The lowest BCUT2D eigenvalue weighted by atomic mass is 9.96. The van der Waals surface area contributed by atoms with Crippen LogP contribution in [-0.4, -0.2) is 60.1 Å². The van der Waals surface area contributed by atoms with Crippen LogP contribution < -0.4 is 0 Å². The molecule has 4 nitrogen and oxygen atoms in total. The summed E-state index contributed by atoms with van der Waals surface area (Å²) < 4.78 is 0. The molecule has 1 saturated heterocycles. The van der Waals surface area contributed by atoms with Gasteiger partial charge in [-0.1, -0.05) is 37.3 Å². The molecular weight excluding hydrogens is 264 g/mol. The molecule has 1 aromatic rings. The SMILES string of the molecule is CCN1CCC(N(C)CC(C(=O)O)c2ccccc2)CC1. The van der Waals surface area contributed by atoms with Crippen molar-refractivity contribution in [1.29, 1.82) is 0 Å². The zero-order valence-corrected chi connectivity index (χ0v) is 13.0. The molecule has 1 aromatic carbocycles. The van der Waals surface area contributed by atoms with Crippen LogP contribution in [-0.2, 0) is 4.79 Å². The first-order valence-electron chi connectivity index (χ1n) is 7.82. The Morgan fingerprint density at radius 3 is 2.48 bits per heavy atom. The maximum Gasteiger partial charge on any atom is 0.312 e. The highest BCUT2D eigenvalue weighted by Gasteiger charge is 2.27. The summed E-state index contributed by atoms with van der Waals surface area (Å²) in [5, 5.41) is 9.52. The topological polar surface area (TPSA) is 43.8 Å². The van der Waals surface area contributed by atoms with Crippen molar-refractivity contribution in [1.82, 2.24) is 9.80 Å². The molecule has 0 bridgehead atoms. The molecular formula is C17H26N2O2. The molecule has 21 heavy (non-hydrogen) atoms. The molecule has 0 saturated carbocycles. The van der Waals surface area contributed by atoms with E-state index in [0.29, 0.717) is 12.6 Å². The predicted octanol–water partition coefficient (Wildman–Crippen LogP) is 2.27. The van der Waals surface area contributed by atoms with Crippen LogP contribution in [0.15, 0.2) is 30.3 Å². The first kappa shape index (κ1) is 16.0. The van der Waals surface area contributed by atoms with Crippen molar-refractivity contribution >= 4 is 5.97 Å². The smallest absolute Gasteiger partial charge is 0.312 e. The quantitative estimate of drug-likeness (QED) is 0.873. The highest BCUT2D eigenvalue weighted by Crippen LogP contribution is 2.21. The summed E-state index contributed by atoms with van der Waals surface area (Å²) in [5.41, 5.74) is 0.892. The molecule has 1 aliphatic rings. The minimum atomic E-state index is -0.737. The van der Waals surface area contributed by atoms with E-state index >= 15 is 0 Å². The fourth-order valence-electron chi connectivity index (χ4n) is 3.12. The molecule has 1 atom stereocenters. The van der Waals surface area contributed by atoms with E-state index in [1.165, 1.54) is 0 Å². The third kappa shape index (κ3) is 4.29. The zero-order valence-electron chi connectivity index (χ0n) is 13.0. The predicted molar refractivity (Wildman–Crippen MR) is 84.6 cm³/mol. The molecule has 1 fully saturated rings. The number of likely N-dealkylation sites (tertiary alicyclic amines) is 1. The minimum absolute atomic E-state index is 0.444. The number of nitrogens with zero attached hydrogens (tertiary/aromatic N) is 2. The molecule has 1 heterocycles. The summed E-state index contributed by atoms with van der Waals surface area (Å²) in [7, 11) is 2.06. The summed E-state index contributed by atoms with van der Waals surface area (Å²) in [6.45, 7) is 6.12. The molecule has 0 aliphatic carbocycles. The largest absolute Gasteiger partial charge is 0.481 e. The summed E-state index contributed by atoms with van der Waals surface area (Å²) in [5.74, 6) is -1.18. The second-order valence-corrected chi connectivity index (χ2v) is 5.91. The second kappa shape index (κ2) is 7.57. The van der Waals surface area contributed by atoms with Crippen molar-refractivity contribution in [3.63, 3.8) is 0 Å². The average molecular weight is 290 g/mol. The molecule has 1 aliphatic heterocycles. The Hall–Kier alpha value is -1.39. The third-order valence-corrected chi connectivity index (χ3v) is 4.60. The number of likely N-dealkylation sites (N-methyl/N-ethyl adjacent to an activating group) is 1. The number of carbonyl (C=O) groups is 1. The molecule has 0 spiro atoms. The number of aliphatic carboxylic acids is 1. The van der Waals surface area contributed by atoms with Crippen LogP contribution in [0.5, 0.6) is 0 Å². The molecule has 116 valence electrons. The van der Waals surface area contributed by atoms with Gasteiger partial charge in [0.2, 0.25) is 0 Å². The van der Waals surface area contributed by atoms with Gasteiger partial charge in [0, 0.05) is 12.6 Å². The summed E-state index contributed by atoms with van der Waals surface area (Å²) in [6.07, 6.45) is 2.26. The lowest BCUT2D eigenvalue weighted by Gasteiger charge is -2.37. The van der Waals surface area contributed by atoms with Crippen LogP contribution in [0.1, 0.15) is 31.2 Å². The van der Waals surface area contributed by atoms with Crippen molar-refractivity contribution < 1.29 is 9.90 Å². The van der Waals surface area contributed by atoms with Crippen LogP contribution in [0.25, 0.3) is 0 Å². The van der Waals surface area contributed by atoms with E-state index in [2.05, 4.69) is 23.8 Å². The number of hydrogen-bond acceptors (Lipinski definition) is 3. The summed E-state index contributed by atoms with van der Waals surface area (Å²) in [4.78, 5) is 16.3. The fourth-order valence-corrected chi connectivity index (χ4v) is 3.12. The van der Waals surface area contributed by atoms with Gasteiger partial charge < -0.3 is 14.9 Å². The highest BCUT2D eigenvalue weighted by atomic mass is 16.4. The van der Waals surface area contributed by atoms with Crippen LogP contribution in [0, 0.1) is 0 Å². The molecule has 1 unspecified atom stereocenters. The first-order chi connectivity index (χ1) is 10.1. The maximum absolute atomic E-state index is 11.6. The zero-order chi connectivity index (χ0) is 15.2. The molecule has 2 rings (SSSR count). The van der Waals surface area contributed by atoms with Gasteiger partial charge in [0.1, 0.15) is 0 Å². The van der Waals surface area contributed by atoms with E-state index in [4.69, 9.17) is 0 Å². The van der Waals surface area contributed by atoms with Crippen LogP contribution in [0.3, 0.4) is 0 Å². The Morgan fingerprint density at radius 1 is 1.33 bits per heavy atom. The average Bonchev–Trinajstić information content (AvgIpc) is 2.53. The van der Waals surface area contributed by atoms with Gasteiger partial charge in [0.05, 0.1) is 5.92 Å². The van der Waals surface area contributed by atoms with E-state index < -0.39 is 11.9 Å². The van der Waals surface area contributed by atoms with Crippen LogP contribution in [0.4, 0.5) is 0 Å². The number of piperidine rings is 1. The van der Waals surface area contributed by atoms with E-state index in [-0.39, 0.29) is 0 Å². The second-order valence-electron chi connectivity index (χ2n) is 5.91. The van der Waals surface area contributed by atoms with Gasteiger partial charge in [-0.3, -0.25) is 4.79 Å². The van der Waals surface area contributed by atoms with Crippen molar-refractivity contribution in [2.75, 3.05) is 33.2 Å². The lowest BCUT2D eigenvalue weighted by Crippen LogP contribution is -2.45. The van der Waals surface area contributed by atoms with Gasteiger partial charge in [-0.25, -0.2) is 0 Å². The lowest BCUT2D eigenvalue weighted by molar-refractivity contribution is -0.139. The highest BCUT2D eigenvalue weighted by molar-refractivity contribution is 5.76. The van der Waals surface area contributed by atoms with E-state index in [9.17, 15) is 9.90 Å². The Bertz CT molecular complexity index is 441. The standard InChI is InChI=1S/C17H26N2O2/c1-3-19-11-9-15(10-12-19)18(2)13-16(17(20)21)14-7-5-4-6-8-14/h4-8,15-16H,3,9-13H2,1-2H3,(H,20,21). The maximum atomic E-state index is 11.6. The molecule has 4 heteroatoms. The van der Waals surface area contributed by atoms with Crippen LogP contribution >= 0.6 is 0 Å². The molecule has 0 aromatic heterocycles. The van der Waals surface area contributed by atoms with E-state index in [1.807, 2.05) is 30.3 Å². The van der Waals surface area contributed by atoms with Crippen molar-refractivity contribution in [2.45, 2.75) is 31.7 Å². The monoisotopic (exact) mass is 290 g/mol.